The Hall–Kier alpha value is -0.210. The number of ether oxygens (including phenoxy) is 1. The number of piperazine rings is 1. The molecular formula is C13H27N3O3S. The quantitative estimate of drug-likeness (QED) is 0.680. The Morgan fingerprint density at radius 3 is 2.75 bits per heavy atom. The van der Waals surface area contributed by atoms with Crippen molar-refractivity contribution >= 4 is 10.0 Å². The van der Waals surface area contributed by atoms with E-state index in [9.17, 15) is 8.42 Å². The van der Waals surface area contributed by atoms with E-state index in [0.29, 0.717) is 13.1 Å². The summed E-state index contributed by atoms with van der Waals surface area (Å²) in [7, 11) is -3.15. The van der Waals surface area contributed by atoms with Crippen LogP contribution in [0.2, 0.25) is 0 Å². The highest BCUT2D eigenvalue weighted by Gasteiger charge is 2.17. The van der Waals surface area contributed by atoms with E-state index in [-0.39, 0.29) is 11.9 Å². The molecule has 2 N–H and O–H groups in total. The van der Waals surface area contributed by atoms with E-state index < -0.39 is 10.0 Å². The first-order chi connectivity index (χ1) is 9.66. The number of nitrogens with zero attached hydrogens (tertiary/aromatic N) is 1. The van der Waals surface area contributed by atoms with Gasteiger partial charge in [0.2, 0.25) is 10.0 Å². The molecule has 2 aliphatic heterocycles. The summed E-state index contributed by atoms with van der Waals surface area (Å²) in [5.74, 6) is 0.193. The Balaban J connectivity index is 1.60. The molecule has 0 aliphatic carbocycles. The average molecular weight is 305 g/mol. The third-order valence-electron chi connectivity index (χ3n) is 3.95. The highest BCUT2D eigenvalue weighted by atomic mass is 32.2. The van der Waals surface area contributed by atoms with Gasteiger partial charge < -0.3 is 10.1 Å². The number of hydrogen-bond donors (Lipinski definition) is 2. The van der Waals surface area contributed by atoms with Crippen molar-refractivity contribution in [3.8, 4) is 0 Å². The molecule has 0 aromatic carbocycles. The van der Waals surface area contributed by atoms with Crippen LogP contribution in [0.5, 0.6) is 0 Å². The van der Waals surface area contributed by atoms with Gasteiger partial charge in [-0.05, 0) is 25.7 Å². The second kappa shape index (κ2) is 8.29. The Morgan fingerprint density at radius 2 is 2.05 bits per heavy atom. The van der Waals surface area contributed by atoms with Crippen molar-refractivity contribution < 1.29 is 13.2 Å². The molecule has 2 fully saturated rings. The summed E-state index contributed by atoms with van der Waals surface area (Å²) in [4.78, 5) is 2.19. The maximum atomic E-state index is 11.9. The van der Waals surface area contributed by atoms with E-state index in [2.05, 4.69) is 14.9 Å². The molecule has 0 saturated carbocycles. The van der Waals surface area contributed by atoms with E-state index in [1.54, 1.807) is 0 Å². The molecule has 0 aromatic rings. The summed E-state index contributed by atoms with van der Waals surface area (Å²) in [6.45, 7) is 5.71. The molecule has 2 saturated heterocycles. The first kappa shape index (κ1) is 16.2. The number of rotatable bonds is 7. The molecule has 0 amide bonds. The van der Waals surface area contributed by atoms with Gasteiger partial charge in [-0.15, -0.1) is 0 Å². The molecule has 1 unspecified atom stereocenters. The van der Waals surface area contributed by atoms with E-state index in [4.69, 9.17) is 4.74 Å². The predicted octanol–water partition coefficient (Wildman–Crippen LogP) is -0.230. The van der Waals surface area contributed by atoms with Gasteiger partial charge >= 0.3 is 0 Å². The maximum Gasteiger partial charge on any atom is 0.212 e. The third-order valence-corrected chi connectivity index (χ3v) is 5.31. The topological polar surface area (TPSA) is 70.7 Å². The van der Waals surface area contributed by atoms with Gasteiger partial charge in [-0.2, -0.15) is 0 Å². The highest BCUT2D eigenvalue weighted by Crippen LogP contribution is 2.14. The average Bonchev–Trinajstić information content (AvgIpc) is 2.47. The molecule has 0 radical (unpaired) electrons. The van der Waals surface area contributed by atoms with Crippen molar-refractivity contribution in [1.29, 1.82) is 0 Å². The van der Waals surface area contributed by atoms with E-state index in [1.165, 1.54) is 6.42 Å². The minimum absolute atomic E-state index is 0.193. The van der Waals surface area contributed by atoms with Crippen LogP contribution in [0.4, 0.5) is 0 Å². The van der Waals surface area contributed by atoms with E-state index in [1.807, 2.05) is 0 Å². The van der Waals surface area contributed by atoms with Crippen LogP contribution >= 0.6 is 0 Å². The van der Waals surface area contributed by atoms with Crippen LogP contribution in [0.1, 0.15) is 25.7 Å². The lowest BCUT2D eigenvalue weighted by Gasteiger charge is -2.27. The number of sulfonamides is 1. The summed E-state index contributed by atoms with van der Waals surface area (Å²) < 4.78 is 32.1. The molecule has 1 atom stereocenters. The zero-order chi connectivity index (χ0) is 14.3. The van der Waals surface area contributed by atoms with Crippen LogP contribution in [0.25, 0.3) is 0 Å². The number of hydrogen-bond acceptors (Lipinski definition) is 5. The SMILES string of the molecule is O=S(=O)(CCN1CCNCC1)NCCC1CCCCO1. The van der Waals surface area contributed by atoms with Gasteiger partial charge in [0.25, 0.3) is 0 Å². The fourth-order valence-electron chi connectivity index (χ4n) is 2.67. The van der Waals surface area contributed by atoms with Crippen LogP contribution in [-0.4, -0.2) is 71.0 Å². The fourth-order valence-corrected chi connectivity index (χ4v) is 3.74. The van der Waals surface area contributed by atoms with Crippen LogP contribution in [0.15, 0.2) is 0 Å². The van der Waals surface area contributed by atoms with Gasteiger partial charge in [0.05, 0.1) is 11.9 Å². The standard InChI is InChI=1S/C13H27N3O3S/c17-20(18,12-10-16-8-6-14-7-9-16)15-5-4-13-3-1-2-11-19-13/h13-15H,1-12H2. The Labute approximate surface area is 122 Å². The molecular weight excluding hydrogens is 278 g/mol. The minimum Gasteiger partial charge on any atom is -0.378 e. The zero-order valence-electron chi connectivity index (χ0n) is 12.1. The van der Waals surface area contributed by atoms with Gasteiger partial charge in [0.1, 0.15) is 0 Å². The second-order valence-electron chi connectivity index (χ2n) is 5.58. The molecule has 118 valence electrons. The predicted molar refractivity (Wildman–Crippen MR) is 79.3 cm³/mol. The van der Waals surface area contributed by atoms with Crippen molar-refractivity contribution in [2.75, 3.05) is 51.6 Å². The third kappa shape index (κ3) is 6.05. The second-order valence-corrected chi connectivity index (χ2v) is 7.51. The Morgan fingerprint density at radius 1 is 1.25 bits per heavy atom. The molecule has 6 nitrogen and oxygen atoms in total. The van der Waals surface area contributed by atoms with Crippen molar-refractivity contribution in [3.63, 3.8) is 0 Å². The van der Waals surface area contributed by atoms with Gasteiger partial charge in [-0.25, -0.2) is 13.1 Å². The van der Waals surface area contributed by atoms with Crippen molar-refractivity contribution in [2.45, 2.75) is 31.8 Å². The fraction of sp³-hybridized carbons (Fsp3) is 1.00. The molecule has 0 spiro atoms. The Kier molecular flexibility index (Phi) is 6.70. The molecule has 2 aliphatic rings. The minimum atomic E-state index is -3.15. The van der Waals surface area contributed by atoms with E-state index in [0.717, 1.165) is 52.0 Å². The normalized spacial score (nSPS) is 25.7. The van der Waals surface area contributed by atoms with Crippen LogP contribution in [0, 0.1) is 0 Å². The van der Waals surface area contributed by atoms with Gasteiger partial charge in [0.15, 0.2) is 0 Å². The van der Waals surface area contributed by atoms with Crippen LogP contribution in [-0.2, 0) is 14.8 Å². The smallest absolute Gasteiger partial charge is 0.212 e. The first-order valence-corrected chi connectivity index (χ1v) is 9.33. The molecule has 7 heteroatoms. The van der Waals surface area contributed by atoms with Crippen molar-refractivity contribution in [1.82, 2.24) is 14.9 Å². The summed E-state index contributed by atoms with van der Waals surface area (Å²) in [5, 5.41) is 3.26. The van der Waals surface area contributed by atoms with Gasteiger partial charge in [-0.1, -0.05) is 0 Å². The molecule has 20 heavy (non-hydrogen) atoms. The Bertz CT molecular complexity index is 363. The van der Waals surface area contributed by atoms with Crippen LogP contribution in [0.3, 0.4) is 0 Å². The molecule has 2 heterocycles. The van der Waals surface area contributed by atoms with Crippen molar-refractivity contribution in [3.05, 3.63) is 0 Å². The van der Waals surface area contributed by atoms with Crippen LogP contribution < -0.4 is 10.0 Å². The monoisotopic (exact) mass is 305 g/mol. The molecule has 2 rings (SSSR count). The summed E-state index contributed by atoms with van der Waals surface area (Å²) in [5.41, 5.74) is 0. The van der Waals surface area contributed by atoms with Gasteiger partial charge in [-0.3, -0.25) is 4.90 Å². The largest absolute Gasteiger partial charge is 0.378 e. The lowest BCUT2D eigenvalue weighted by atomic mass is 10.1. The number of nitrogens with one attached hydrogen (secondary N) is 2. The first-order valence-electron chi connectivity index (χ1n) is 7.68. The summed E-state index contributed by atoms with van der Waals surface area (Å²) >= 11 is 0. The van der Waals surface area contributed by atoms with Crippen molar-refractivity contribution in [2.24, 2.45) is 0 Å². The lowest BCUT2D eigenvalue weighted by Crippen LogP contribution is -2.46. The summed E-state index contributed by atoms with van der Waals surface area (Å²) in [6, 6.07) is 0. The maximum absolute atomic E-state index is 11.9. The molecule has 0 aromatic heterocycles. The molecule has 0 bridgehead atoms. The zero-order valence-corrected chi connectivity index (χ0v) is 13.0. The highest BCUT2D eigenvalue weighted by molar-refractivity contribution is 7.89. The lowest BCUT2D eigenvalue weighted by molar-refractivity contribution is 0.0123. The van der Waals surface area contributed by atoms with Gasteiger partial charge in [0, 0.05) is 45.9 Å². The summed E-state index contributed by atoms with van der Waals surface area (Å²) in [6.07, 6.45) is 4.41. The van der Waals surface area contributed by atoms with E-state index >= 15 is 0 Å².